The molecule has 0 saturated carbocycles. The average Bonchev–Trinajstić information content (AvgIpc) is 2.54. The molecule has 6 nitrogen and oxygen atoms in total. The van der Waals surface area contributed by atoms with Crippen molar-refractivity contribution >= 4 is 5.95 Å². The highest BCUT2D eigenvalue weighted by Crippen LogP contribution is 2.15. The molecule has 0 bridgehead atoms. The van der Waals surface area contributed by atoms with Gasteiger partial charge in [-0.25, -0.2) is 4.68 Å². The van der Waals surface area contributed by atoms with Gasteiger partial charge in [-0.2, -0.15) is 0 Å². The fourth-order valence-corrected chi connectivity index (χ4v) is 1.54. The van der Waals surface area contributed by atoms with E-state index >= 15 is 0 Å². The second-order valence-corrected chi connectivity index (χ2v) is 3.30. The standard InChI is InChI=1S/C7H13N5O/c8-7-9-10-11-12(7)4-6-2-1-3-13-5-6/h6H,1-5H2,(H2,8,9,11). The highest BCUT2D eigenvalue weighted by molar-refractivity contribution is 5.09. The summed E-state index contributed by atoms with van der Waals surface area (Å²) in [5, 5.41) is 10.9. The van der Waals surface area contributed by atoms with Gasteiger partial charge < -0.3 is 10.5 Å². The van der Waals surface area contributed by atoms with Crippen LogP contribution >= 0.6 is 0 Å². The smallest absolute Gasteiger partial charge is 0.240 e. The van der Waals surface area contributed by atoms with Crippen LogP contribution < -0.4 is 5.73 Å². The third-order valence-corrected chi connectivity index (χ3v) is 2.25. The van der Waals surface area contributed by atoms with Crippen LogP contribution in [0.15, 0.2) is 0 Å². The number of nitrogens with two attached hydrogens (primary N) is 1. The van der Waals surface area contributed by atoms with Crippen LogP contribution in [0.25, 0.3) is 0 Å². The number of hydrogen-bond acceptors (Lipinski definition) is 5. The summed E-state index contributed by atoms with van der Waals surface area (Å²) in [7, 11) is 0. The molecule has 0 amide bonds. The third kappa shape index (κ3) is 1.95. The maximum atomic E-state index is 5.54. The van der Waals surface area contributed by atoms with Crippen LogP contribution in [-0.4, -0.2) is 33.4 Å². The van der Waals surface area contributed by atoms with Gasteiger partial charge in [-0.1, -0.05) is 5.10 Å². The lowest BCUT2D eigenvalue weighted by molar-refractivity contribution is 0.0470. The Labute approximate surface area is 76.1 Å². The van der Waals surface area contributed by atoms with Crippen molar-refractivity contribution in [3.05, 3.63) is 0 Å². The Morgan fingerprint density at radius 1 is 1.62 bits per heavy atom. The molecule has 2 N–H and O–H groups in total. The minimum atomic E-state index is 0.380. The number of rotatable bonds is 2. The Balaban J connectivity index is 1.93. The number of ether oxygens (including phenoxy) is 1. The molecule has 1 atom stereocenters. The van der Waals surface area contributed by atoms with Crippen molar-refractivity contribution in [1.29, 1.82) is 0 Å². The van der Waals surface area contributed by atoms with Gasteiger partial charge in [0.05, 0.1) is 13.2 Å². The molecule has 0 aliphatic carbocycles. The number of anilines is 1. The first-order chi connectivity index (χ1) is 6.36. The monoisotopic (exact) mass is 183 g/mol. The molecular formula is C7H13N5O. The predicted octanol–water partition coefficient (Wildman–Crippen LogP) is -0.318. The molecule has 6 heteroatoms. The highest BCUT2D eigenvalue weighted by Gasteiger charge is 2.16. The van der Waals surface area contributed by atoms with Crippen molar-refractivity contribution in [3.63, 3.8) is 0 Å². The molecular weight excluding hydrogens is 170 g/mol. The van der Waals surface area contributed by atoms with Crippen molar-refractivity contribution in [2.75, 3.05) is 18.9 Å². The summed E-state index contributed by atoms with van der Waals surface area (Å²) in [6, 6.07) is 0. The summed E-state index contributed by atoms with van der Waals surface area (Å²) in [6.07, 6.45) is 2.28. The first kappa shape index (κ1) is 8.43. The molecule has 2 heterocycles. The molecule has 0 spiro atoms. The molecule has 0 radical (unpaired) electrons. The zero-order valence-electron chi connectivity index (χ0n) is 7.39. The van der Waals surface area contributed by atoms with Gasteiger partial charge in [0.2, 0.25) is 5.95 Å². The third-order valence-electron chi connectivity index (χ3n) is 2.25. The topological polar surface area (TPSA) is 78.9 Å². The van der Waals surface area contributed by atoms with E-state index in [1.165, 1.54) is 6.42 Å². The molecule has 1 aromatic heterocycles. The quantitative estimate of drug-likeness (QED) is 0.680. The Hall–Kier alpha value is -1.17. The van der Waals surface area contributed by atoms with Crippen LogP contribution in [0.4, 0.5) is 5.95 Å². The van der Waals surface area contributed by atoms with Gasteiger partial charge in [-0.15, -0.1) is 0 Å². The van der Waals surface area contributed by atoms with Crippen LogP contribution in [0.5, 0.6) is 0 Å². The summed E-state index contributed by atoms with van der Waals surface area (Å²) in [5.41, 5.74) is 5.54. The SMILES string of the molecule is Nc1nnnn1CC1CCCOC1. The maximum absolute atomic E-state index is 5.54. The highest BCUT2D eigenvalue weighted by atomic mass is 16.5. The van der Waals surface area contributed by atoms with E-state index < -0.39 is 0 Å². The zero-order valence-corrected chi connectivity index (χ0v) is 7.39. The Morgan fingerprint density at radius 2 is 2.54 bits per heavy atom. The van der Waals surface area contributed by atoms with Crippen LogP contribution in [0, 0.1) is 5.92 Å². The lowest BCUT2D eigenvalue weighted by Crippen LogP contribution is -2.23. The molecule has 72 valence electrons. The van der Waals surface area contributed by atoms with Crippen molar-refractivity contribution < 1.29 is 4.74 Å². The van der Waals surface area contributed by atoms with Crippen LogP contribution in [0.1, 0.15) is 12.8 Å². The lowest BCUT2D eigenvalue weighted by atomic mass is 10.0. The van der Waals surface area contributed by atoms with E-state index in [0.717, 1.165) is 26.2 Å². The Kier molecular flexibility index (Phi) is 2.40. The molecule has 1 unspecified atom stereocenters. The van der Waals surface area contributed by atoms with Gasteiger partial charge in [-0.05, 0) is 23.3 Å². The normalized spacial score (nSPS) is 23.2. The van der Waals surface area contributed by atoms with Crippen molar-refractivity contribution in [2.45, 2.75) is 19.4 Å². The first-order valence-electron chi connectivity index (χ1n) is 4.45. The number of nitrogen functional groups attached to an aromatic ring is 1. The van der Waals surface area contributed by atoms with E-state index in [9.17, 15) is 0 Å². The second-order valence-electron chi connectivity index (χ2n) is 3.30. The summed E-state index contributed by atoms with van der Waals surface area (Å²) < 4.78 is 6.97. The summed E-state index contributed by atoms with van der Waals surface area (Å²) in [5.74, 6) is 0.880. The van der Waals surface area contributed by atoms with Gasteiger partial charge >= 0.3 is 0 Å². The van der Waals surface area contributed by atoms with E-state index in [4.69, 9.17) is 10.5 Å². The van der Waals surface area contributed by atoms with Crippen molar-refractivity contribution in [2.24, 2.45) is 5.92 Å². The molecule has 2 rings (SSSR count). The number of tetrazole rings is 1. The maximum Gasteiger partial charge on any atom is 0.240 e. The van der Waals surface area contributed by atoms with Crippen molar-refractivity contribution in [3.8, 4) is 0 Å². The molecule has 13 heavy (non-hydrogen) atoms. The van der Waals surface area contributed by atoms with Crippen LogP contribution in [-0.2, 0) is 11.3 Å². The fraction of sp³-hybridized carbons (Fsp3) is 0.857. The van der Waals surface area contributed by atoms with E-state index in [1.807, 2.05) is 0 Å². The molecule has 1 aliphatic heterocycles. The number of hydrogen-bond donors (Lipinski definition) is 1. The van der Waals surface area contributed by atoms with E-state index in [0.29, 0.717) is 11.9 Å². The van der Waals surface area contributed by atoms with Crippen LogP contribution in [0.3, 0.4) is 0 Å². The minimum Gasteiger partial charge on any atom is -0.381 e. The van der Waals surface area contributed by atoms with Gasteiger partial charge in [0.1, 0.15) is 0 Å². The summed E-state index contributed by atoms with van der Waals surface area (Å²) >= 11 is 0. The number of nitrogens with zero attached hydrogens (tertiary/aromatic N) is 4. The zero-order chi connectivity index (χ0) is 9.10. The average molecular weight is 183 g/mol. The van der Waals surface area contributed by atoms with Crippen LogP contribution in [0.2, 0.25) is 0 Å². The number of aromatic nitrogens is 4. The van der Waals surface area contributed by atoms with E-state index in [-0.39, 0.29) is 0 Å². The molecule has 1 aromatic rings. The van der Waals surface area contributed by atoms with Gasteiger partial charge in [-0.3, -0.25) is 0 Å². The Morgan fingerprint density at radius 3 is 3.15 bits per heavy atom. The van der Waals surface area contributed by atoms with E-state index in [1.54, 1.807) is 4.68 Å². The van der Waals surface area contributed by atoms with Crippen molar-refractivity contribution in [1.82, 2.24) is 20.2 Å². The summed E-state index contributed by atoms with van der Waals surface area (Å²) in [6.45, 7) is 2.43. The van der Waals surface area contributed by atoms with Gasteiger partial charge in [0.15, 0.2) is 0 Å². The summed E-state index contributed by atoms with van der Waals surface area (Å²) in [4.78, 5) is 0. The predicted molar refractivity (Wildman–Crippen MR) is 45.8 cm³/mol. The minimum absolute atomic E-state index is 0.380. The van der Waals surface area contributed by atoms with Gasteiger partial charge in [0.25, 0.3) is 0 Å². The molecule has 1 aliphatic rings. The molecule has 1 fully saturated rings. The van der Waals surface area contributed by atoms with Gasteiger partial charge in [0, 0.05) is 12.5 Å². The lowest BCUT2D eigenvalue weighted by Gasteiger charge is -2.21. The van der Waals surface area contributed by atoms with E-state index in [2.05, 4.69) is 15.5 Å². The second kappa shape index (κ2) is 3.69. The molecule has 0 aromatic carbocycles. The molecule has 1 saturated heterocycles. The first-order valence-corrected chi connectivity index (χ1v) is 4.45. The Bertz CT molecular complexity index is 268. The largest absolute Gasteiger partial charge is 0.381 e. The fourth-order valence-electron chi connectivity index (χ4n) is 1.54.